The molecule has 3 rings (SSSR count). The van der Waals surface area contributed by atoms with Crippen LogP contribution >= 0.6 is 0 Å². The van der Waals surface area contributed by atoms with Crippen molar-refractivity contribution in [2.75, 3.05) is 39.3 Å². The van der Waals surface area contributed by atoms with Gasteiger partial charge in [-0.05, 0) is 31.9 Å². The third-order valence-corrected chi connectivity index (χ3v) is 5.23. The average Bonchev–Trinajstić information content (AvgIpc) is 3.01. The van der Waals surface area contributed by atoms with Crippen molar-refractivity contribution in [3.63, 3.8) is 0 Å². The van der Waals surface area contributed by atoms with E-state index in [0.29, 0.717) is 32.5 Å². The highest BCUT2D eigenvalue weighted by molar-refractivity contribution is 5.86. The molecule has 1 atom stereocenters. The monoisotopic (exact) mass is 360 g/mol. The Morgan fingerprint density at radius 1 is 1.31 bits per heavy atom. The standard InChI is InChI=1S/C19H28N4O3/c1-15-4-2-5-16(20-15)12-21-9-10-23(13-17(21)7-11-24)19(26)14-22-8-3-6-18(22)25/h2,4-5,17,24H,3,6-14H2,1H3/t17-/m1/s1. The van der Waals surface area contributed by atoms with Gasteiger partial charge in [-0.25, -0.2) is 0 Å². The number of nitrogens with zero attached hydrogens (tertiary/aromatic N) is 4. The molecule has 1 aromatic heterocycles. The van der Waals surface area contributed by atoms with E-state index in [1.807, 2.05) is 30.0 Å². The van der Waals surface area contributed by atoms with Gasteiger partial charge in [-0.15, -0.1) is 0 Å². The van der Waals surface area contributed by atoms with Crippen molar-refractivity contribution in [2.24, 2.45) is 0 Å². The van der Waals surface area contributed by atoms with Crippen molar-refractivity contribution in [3.05, 3.63) is 29.6 Å². The van der Waals surface area contributed by atoms with Crippen LogP contribution in [-0.4, -0.2) is 82.0 Å². The maximum Gasteiger partial charge on any atom is 0.242 e. The Kier molecular flexibility index (Phi) is 6.21. The smallest absolute Gasteiger partial charge is 0.242 e. The van der Waals surface area contributed by atoms with E-state index in [1.165, 1.54) is 0 Å². The number of piperazine rings is 1. The molecule has 2 aliphatic rings. The molecule has 3 heterocycles. The lowest BCUT2D eigenvalue weighted by atomic mass is 10.1. The number of aryl methyl sites for hydroxylation is 1. The van der Waals surface area contributed by atoms with Gasteiger partial charge in [-0.3, -0.25) is 19.5 Å². The Bertz CT molecular complexity index is 651. The van der Waals surface area contributed by atoms with E-state index in [0.717, 1.165) is 30.9 Å². The van der Waals surface area contributed by atoms with Crippen LogP contribution in [0.1, 0.15) is 30.7 Å². The molecule has 1 N–H and O–H groups in total. The van der Waals surface area contributed by atoms with Gasteiger partial charge in [0.2, 0.25) is 11.8 Å². The van der Waals surface area contributed by atoms with Gasteiger partial charge >= 0.3 is 0 Å². The summed E-state index contributed by atoms with van der Waals surface area (Å²) in [6.07, 6.45) is 2.02. The van der Waals surface area contributed by atoms with Crippen LogP contribution in [0.25, 0.3) is 0 Å². The van der Waals surface area contributed by atoms with Crippen LogP contribution in [-0.2, 0) is 16.1 Å². The normalized spacial score (nSPS) is 21.5. The summed E-state index contributed by atoms with van der Waals surface area (Å²) in [4.78, 5) is 34.7. The Balaban J connectivity index is 1.60. The molecule has 2 saturated heterocycles. The number of aromatic nitrogens is 1. The lowest BCUT2D eigenvalue weighted by Gasteiger charge is -2.41. The quantitative estimate of drug-likeness (QED) is 0.795. The molecule has 26 heavy (non-hydrogen) atoms. The third-order valence-electron chi connectivity index (χ3n) is 5.23. The van der Waals surface area contributed by atoms with Crippen LogP contribution in [0.2, 0.25) is 0 Å². The molecule has 2 fully saturated rings. The number of likely N-dealkylation sites (tertiary alicyclic amines) is 1. The van der Waals surface area contributed by atoms with Crippen LogP contribution < -0.4 is 0 Å². The summed E-state index contributed by atoms with van der Waals surface area (Å²) >= 11 is 0. The van der Waals surface area contributed by atoms with Crippen molar-refractivity contribution >= 4 is 11.8 Å². The number of hydrogen-bond donors (Lipinski definition) is 1. The van der Waals surface area contributed by atoms with Crippen molar-refractivity contribution in [3.8, 4) is 0 Å². The molecular weight excluding hydrogens is 332 g/mol. The highest BCUT2D eigenvalue weighted by atomic mass is 16.3. The molecule has 7 heteroatoms. The lowest BCUT2D eigenvalue weighted by molar-refractivity contribution is -0.140. The predicted octanol–water partition coefficient (Wildman–Crippen LogP) is 0.408. The van der Waals surface area contributed by atoms with Gasteiger partial charge in [-0.1, -0.05) is 6.07 Å². The number of rotatable bonds is 6. The van der Waals surface area contributed by atoms with Crippen LogP contribution in [0.3, 0.4) is 0 Å². The largest absolute Gasteiger partial charge is 0.396 e. The van der Waals surface area contributed by atoms with E-state index in [9.17, 15) is 14.7 Å². The molecule has 7 nitrogen and oxygen atoms in total. The molecule has 0 spiro atoms. The molecule has 1 aromatic rings. The van der Waals surface area contributed by atoms with Crippen molar-refractivity contribution in [2.45, 2.75) is 38.8 Å². The zero-order valence-corrected chi connectivity index (χ0v) is 15.4. The second-order valence-electron chi connectivity index (χ2n) is 7.17. The summed E-state index contributed by atoms with van der Waals surface area (Å²) in [5.74, 6) is 0.0888. The first kappa shape index (κ1) is 18.8. The fraction of sp³-hybridized carbons (Fsp3) is 0.632. The number of carbonyl (C=O) groups is 2. The van der Waals surface area contributed by atoms with E-state index in [2.05, 4.69) is 9.88 Å². The SMILES string of the molecule is Cc1cccc(CN2CCN(C(=O)CN3CCCC3=O)C[C@H]2CCO)n1. The van der Waals surface area contributed by atoms with Gasteiger partial charge in [0.25, 0.3) is 0 Å². The molecule has 0 saturated carbocycles. The Hall–Kier alpha value is -1.99. The third kappa shape index (κ3) is 4.59. The first-order chi connectivity index (χ1) is 12.6. The topological polar surface area (TPSA) is 77.0 Å². The number of pyridine rings is 1. The summed E-state index contributed by atoms with van der Waals surface area (Å²) in [5.41, 5.74) is 2.00. The summed E-state index contributed by atoms with van der Waals surface area (Å²) in [6, 6.07) is 6.10. The number of carbonyl (C=O) groups excluding carboxylic acids is 2. The maximum absolute atomic E-state index is 12.6. The zero-order valence-electron chi connectivity index (χ0n) is 15.4. The molecule has 2 amide bonds. The Labute approximate surface area is 154 Å². The predicted molar refractivity (Wildman–Crippen MR) is 97.3 cm³/mol. The summed E-state index contributed by atoms with van der Waals surface area (Å²) in [5, 5.41) is 9.44. The molecule has 0 aliphatic carbocycles. The van der Waals surface area contributed by atoms with E-state index in [-0.39, 0.29) is 31.0 Å². The molecule has 0 aromatic carbocycles. The minimum Gasteiger partial charge on any atom is -0.396 e. The number of aliphatic hydroxyl groups excluding tert-OH is 1. The van der Waals surface area contributed by atoms with Gasteiger partial charge < -0.3 is 14.9 Å². The first-order valence-corrected chi connectivity index (χ1v) is 9.40. The van der Waals surface area contributed by atoms with Crippen LogP contribution in [0.15, 0.2) is 18.2 Å². The van der Waals surface area contributed by atoms with Crippen LogP contribution in [0.5, 0.6) is 0 Å². The Morgan fingerprint density at radius 2 is 2.15 bits per heavy atom. The van der Waals surface area contributed by atoms with Crippen molar-refractivity contribution in [1.29, 1.82) is 0 Å². The molecule has 0 radical (unpaired) electrons. The van der Waals surface area contributed by atoms with Gasteiger partial charge in [0.05, 0.1) is 12.2 Å². The fourth-order valence-corrected chi connectivity index (χ4v) is 3.78. The average molecular weight is 360 g/mol. The highest BCUT2D eigenvalue weighted by Crippen LogP contribution is 2.17. The van der Waals surface area contributed by atoms with Gasteiger partial charge in [0, 0.05) is 57.5 Å². The van der Waals surface area contributed by atoms with Crippen molar-refractivity contribution < 1.29 is 14.7 Å². The second-order valence-corrected chi connectivity index (χ2v) is 7.17. The highest BCUT2D eigenvalue weighted by Gasteiger charge is 2.31. The summed E-state index contributed by atoms with van der Waals surface area (Å²) in [7, 11) is 0. The number of hydrogen-bond acceptors (Lipinski definition) is 5. The molecular formula is C19H28N4O3. The van der Waals surface area contributed by atoms with Crippen LogP contribution in [0.4, 0.5) is 0 Å². The minimum absolute atomic E-state index is 0.0107. The van der Waals surface area contributed by atoms with Gasteiger partial charge in [0.15, 0.2) is 0 Å². The van der Waals surface area contributed by atoms with Gasteiger partial charge in [0.1, 0.15) is 0 Å². The first-order valence-electron chi connectivity index (χ1n) is 9.40. The van der Waals surface area contributed by atoms with E-state index < -0.39 is 0 Å². The molecule has 2 aliphatic heterocycles. The maximum atomic E-state index is 12.6. The van der Waals surface area contributed by atoms with Crippen LogP contribution in [0, 0.1) is 6.92 Å². The second kappa shape index (κ2) is 8.60. The van der Waals surface area contributed by atoms with E-state index in [1.54, 1.807) is 4.90 Å². The fourth-order valence-electron chi connectivity index (χ4n) is 3.78. The molecule has 142 valence electrons. The van der Waals surface area contributed by atoms with Crippen molar-refractivity contribution in [1.82, 2.24) is 19.7 Å². The zero-order chi connectivity index (χ0) is 18.5. The number of aliphatic hydroxyl groups is 1. The minimum atomic E-state index is 0.0107. The lowest BCUT2D eigenvalue weighted by Crippen LogP contribution is -2.56. The van der Waals surface area contributed by atoms with E-state index in [4.69, 9.17) is 0 Å². The summed E-state index contributed by atoms with van der Waals surface area (Å²) < 4.78 is 0. The van der Waals surface area contributed by atoms with Gasteiger partial charge in [-0.2, -0.15) is 0 Å². The Morgan fingerprint density at radius 3 is 2.85 bits per heavy atom. The number of amides is 2. The molecule has 0 bridgehead atoms. The molecule has 0 unspecified atom stereocenters. The summed E-state index contributed by atoms with van der Waals surface area (Å²) in [6.45, 7) is 5.65. The van der Waals surface area contributed by atoms with E-state index >= 15 is 0 Å².